The Bertz CT molecular complexity index is 1490. The molecule has 4 rings (SSSR count). The van der Waals surface area contributed by atoms with Crippen molar-refractivity contribution in [3.8, 4) is 0 Å². The molecule has 224 valence electrons. The zero-order valence-corrected chi connectivity index (χ0v) is 27.0. The van der Waals surface area contributed by atoms with Gasteiger partial charge in [0.1, 0.15) is 12.6 Å². The summed E-state index contributed by atoms with van der Waals surface area (Å²) < 4.78 is 28.0. The smallest absolute Gasteiger partial charge is 0.244 e. The van der Waals surface area contributed by atoms with Crippen LogP contribution < -0.4 is 9.62 Å². The highest BCUT2D eigenvalue weighted by atomic mass is 79.9. The lowest BCUT2D eigenvalue weighted by atomic mass is 9.94. The number of benzene rings is 3. The van der Waals surface area contributed by atoms with Gasteiger partial charge >= 0.3 is 0 Å². The van der Waals surface area contributed by atoms with Gasteiger partial charge in [0, 0.05) is 23.5 Å². The molecule has 3 aromatic carbocycles. The van der Waals surface area contributed by atoms with Crippen LogP contribution in [0.15, 0.2) is 77.3 Å². The van der Waals surface area contributed by atoms with Gasteiger partial charge in [-0.25, -0.2) is 8.42 Å². The van der Waals surface area contributed by atoms with Gasteiger partial charge in [-0.3, -0.25) is 13.9 Å². The number of carbonyl (C=O) groups excluding carboxylic acids is 2. The molecule has 1 N–H and O–H groups in total. The molecule has 0 heterocycles. The summed E-state index contributed by atoms with van der Waals surface area (Å²) in [7, 11) is -3.81. The Kier molecular flexibility index (Phi) is 10.8. The zero-order chi connectivity index (χ0) is 30.3. The van der Waals surface area contributed by atoms with Crippen molar-refractivity contribution in [2.75, 3.05) is 17.1 Å². The average molecular weight is 655 g/mol. The van der Waals surface area contributed by atoms with Gasteiger partial charge in [-0.2, -0.15) is 0 Å². The Labute approximate surface area is 258 Å². The Morgan fingerprint density at radius 1 is 0.905 bits per heavy atom. The van der Waals surface area contributed by atoms with Crippen LogP contribution in [-0.4, -0.2) is 50.0 Å². The number of hydrogen-bond acceptors (Lipinski definition) is 4. The number of halogens is 1. The number of anilines is 1. The van der Waals surface area contributed by atoms with E-state index in [-0.39, 0.29) is 18.5 Å². The first kappa shape index (κ1) is 31.8. The van der Waals surface area contributed by atoms with E-state index in [0.717, 1.165) is 69.4 Å². The number of aryl methyl sites for hydroxylation is 2. The zero-order valence-electron chi connectivity index (χ0n) is 24.6. The summed E-state index contributed by atoms with van der Waals surface area (Å²) in [6.07, 6.45) is 6.53. The minimum atomic E-state index is -3.81. The molecule has 1 fully saturated rings. The molecule has 0 saturated heterocycles. The van der Waals surface area contributed by atoms with Crippen molar-refractivity contribution in [1.29, 1.82) is 0 Å². The summed E-state index contributed by atoms with van der Waals surface area (Å²) in [5.41, 5.74) is 4.12. The SMILES string of the molecule is Cc1ccc(N(CC(=O)N(Cc2cccc(Br)c2)C(Cc2ccccc2)C(=O)NC2CCCCC2)S(C)(=O)=O)cc1C. The minimum Gasteiger partial charge on any atom is -0.352 e. The van der Waals surface area contributed by atoms with E-state index in [9.17, 15) is 18.0 Å². The molecule has 42 heavy (non-hydrogen) atoms. The highest BCUT2D eigenvalue weighted by Crippen LogP contribution is 2.24. The predicted molar refractivity (Wildman–Crippen MR) is 172 cm³/mol. The van der Waals surface area contributed by atoms with E-state index in [4.69, 9.17) is 0 Å². The molecule has 7 nitrogen and oxygen atoms in total. The summed E-state index contributed by atoms with van der Waals surface area (Å²) >= 11 is 3.51. The maximum atomic E-state index is 14.3. The van der Waals surface area contributed by atoms with Crippen LogP contribution in [0.5, 0.6) is 0 Å². The second-order valence-electron chi connectivity index (χ2n) is 11.2. The molecule has 2 amide bonds. The lowest BCUT2D eigenvalue weighted by Gasteiger charge is -2.35. The molecule has 9 heteroatoms. The van der Waals surface area contributed by atoms with Crippen molar-refractivity contribution in [1.82, 2.24) is 10.2 Å². The molecule has 3 aromatic rings. The standard InChI is InChI=1S/C33H40BrN3O4S/c1-24-17-18-30(19-25(24)2)37(42(3,40)41)23-32(38)36(22-27-13-10-14-28(34)20-27)31(21-26-11-6-4-7-12-26)33(39)35-29-15-8-5-9-16-29/h4,6-7,10-14,17-20,29,31H,5,8-9,15-16,21-23H2,1-3H3,(H,35,39). The third kappa shape index (κ3) is 8.67. The van der Waals surface area contributed by atoms with Crippen LogP contribution in [0.2, 0.25) is 0 Å². The first-order chi connectivity index (χ1) is 20.0. The average Bonchev–Trinajstić information content (AvgIpc) is 2.95. The molecule has 0 radical (unpaired) electrons. The fourth-order valence-corrected chi connectivity index (χ4v) is 6.71. The van der Waals surface area contributed by atoms with Crippen molar-refractivity contribution >= 4 is 43.5 Å². The Morgan fingerprint density at radius 3 is 2.24 bits per heavy atom. The number of sulfonamides is 1. The van der Waals surface area contributed by atoms with E-state index in [0.29, 0.717) is 12.1 Å². The first-order valence-electron chi connectivity index (χ1n) is 14.4. The summed E-state index contributed by atoms with van der Waals surface area (Å²) in [6.45, 7) is 3.59. The first-order valence-corrected chi connectivity index (χ1v) is 17.1. The van der Waals surface area contributed by atoms with E-state index < -0.39 is 28.5 Å². The topological polar surface area (TPSA) is 86.8 Å². The highest BCUT2D eigenvalue weighted by Gasteiger charge is 2.34. The summed E-state index contributed by atoms with van der Waals surface area (Å²) in [5, 5.41) is 3.23. The maximum absolute atomic E-state index is 14.3. The van der Waals surface area contributed by atoms with Gasteiger partial charge < -0.3 is 10.2 Å². The molecule has 1 aliphatic carbocycles. The number of amides is 2. The number of carbonyl (C=O) groups is 2. The number of rotatable bonds is 11. The molecule has 1 unspecified atom stereocenters. The lowest BCUT2D eigenvalue weighted by molar-refractivity contribution is -0.140. The Balaban J connectivity index is 1.73. The van der Waals surface area contributed by atoms with Gasteiger partial charge in [0.25, 0.3) is 0 Å². The summed E-state index contributed by atoms with van der Waals surface area (Å²) in [6, 6.07) is 21.8. The van der Waals surface area contributed by atoms with Crippen LogP contribution >= 0.6 is 15.9 Å². The van der Waals surface area contributed by atoms with Crippen molar-refractivity contribution in [2.24, 2.45) is 0 Å². The van der Waals surface area contributed by atoms with E-state index in [2.05, 4.69) is 21.2 Å². The van der Waals surface area contributed by atoms with Crippen LogP contribution in [-0.2, 0) is 32.6 Å². The maximum Gasteiger partial charge on any atom is 0.244 e. The van der Waals surface area contributed by atoms with Crippen molar-refractivity contribution in [3.05, 3.63) is 99.5 Å². The van der Waals surface area contributed by atoms with Crippen LogP contribution in [0.4, 0.5) is 5.69 Å². The van der Waals surface area contributed by atoms with E-state index >= 15 is 0 Å². The van der Waals surface area contributed by atoms with Gasteiger partial charge in [-0.1, -0.05) is 83.7 Å². The molecule has 1 aliphatic rings. The van der Waals surface area contributed by atoms with Crippen molar-refractivity contribution in [3.63, 3.8) is 0 Å². The third-order valence-corrected chi connectivity index (χ3v) is 9.56. The molecular weight excluding hydrogens is 614 g/mol. The van der Waals surface area contributed by atoms with Gasteiger partial charge in [0.15, 0.2) is 0 Å². The molecule has 1 atom stereocenters. The van der Waals surface area contributed by atoms with Crippen molar-refractivity contribution in [2.45, 2.75) is 71.0 Å². The molecule has 0 aromatic heterocycles. The summed E-state index contributed by atoms with van der Waals surface area (Å²) in [4.78, 5) is 29.8. The van der Waals surface area contributed by atoms with Crippen LogP contribution in [0.25, 0.3) is 0 Å². The lowest BCUT2D eigenvalue weighted by Crippen LogP contribution is -2.55. The largest absolute Gasteiger partial charge is 0.352 e. The van der Waals surface area contributed by atoms with Gasteiger partial charge in [-0.15, -0.1) is 0 Å². The summed E-state index contributed by atoms with van der Waals surface area (Å²) in [5.74, 6) is -0.662. The second-order valence-corrected chi connectivity index (χ2v) is 14.1. The van der Waals surface area contributed by atoms with Crippen LogP contribution in [0, 0.1) is 13.8 Å². The second kappa shape index (κ2) is 14.3. The van der Waals surface area contributed by atoms with Crippen LogP contribution in [0.1, 0.15) is 54.4 Å². The minimum absolute atomic E-state index is 0.0652. The fourth-order valence-electron chi connectivity index (χ4n) is 5.42. The van der Waals surface area contributed by atoms with E-state index in [1.54, 1.807) is 17.0 Å². The molecule has 1 saturated carbocycles. The normalized spacial score (nSPS) is 14.7. The van der Waals surface area contributed by atoms with Crippen molar-refractivity contribution < 1.29 is 18.0 Å². The van der Waals surface area contributed by atoms with Gasteiger partial charge in [0.05, 0.1) is 11.9 Å². The predicted octanol–water partition coefficient (Wildman–Crippen LogP) is 5.92. The molecule has 0 bridgehead atoms. The number of nitrogens with one attached hydrogen (secondary N) is 1. The number of hydrogen-bond donors (Lipinski definition) is 1. The monoisotopic (exact) mass is 653 g/mol. The Hall–Kier alpha value is -3.17. The number of nitrogens with zero attached hydrogens (tertiary/aromatic N) is 2. The van der Waals surface area contributed by atoms with Gasteiger partial charge in [-0.05, 0) is 73.2 Å². The fraction of sp³-hybridized carbons (Fsp3) is 0.394. The highest BCUT2D eigenvalue weighted by molar-refractivity contribution is 9.10. The quantitative estimate of drug-likeness (QED) is 0.278. The van der Waals surface area contributed by atoms with Gasteiger partial charge in [0.2, 0.25) is 21.8 Å². The molecular formula is C33H40BrN3O4S. The van der Waals surface area contributed by atoms with E-state index in [1.807, 2.05) is 74.5 Å². The van der Waals surface area contributed by atoms with Crippen LogP contribution in [0.3, 0.4) is 0 Å². The molecule has 0 spiro atoms. The van der Waals surface area contributed by atoms with E-state index in [1.165, 1.54) is 0 Å². The molecule has 0 aliphatic heterocycles. The third-order valence-electron chi connectivity index (χ3n) is 7.92. The Morgan fingerprint density at radius 2 is 1.60 bits per heavy atom.